The minimum atomic E-state index is -0.909. The minimum Gasteiger partial charge on any atom is -0.550 e. The van der Waals surface area contributed by atoms with E-state index in [1.807, 2.05) is 20.3 Å². The molecule has 0 rings (SSSR count). The quantitative estimate of drug-likeness (QED) is 0.0422. The first-order chi connectivity index (χ1) is 21.7. The van der Waals surface area contributed by atoms with E-state index in [-0.39, 0.29) is 41.0 Å². The fraction of sp³-hybridized carbons (Fsp3) is 0.897. The summed E-state index contributed by atoms with van der Waals surface area (Å²) in [5.41, 5.74) is 0. The molecule has 0 aromatic heterocycles. The van der Waals surface area contributed by atoms with Gasteiger partial charge in [0, 0.05) is 17.9 Å². The number of carbonyl (C=O) groups is 3. The van der Waals surface area contributed by atoms with Gasteiger partial charge in [0.1, 0.15) is 0 Å². The predicted molar refractivity (Wildman–Crippen MR) is 186 cm³/mol. The summed E-state index contributed by atoms with van der Waals surface area (Å²) in [6.45, 7) is 10.7. The van der Waals surface area contributed by atoms with E-state index in [0.29, 0.717) is 0 Å². The molecule has 7 heteroatoms. The van der Waals surface area contributed by atoms with E-state index < -0.39 is 17.9 Å². The third kappa shape index (κ3) is 74.2. The number of unbranched alkanes of at least 4 members (excludes halogenated alkanes) is 24. The minimum absolute atomic E-state index is 0. The van der Waals surface area contributed by atoms with E-state index in [0.717, 1.165) is 38.5 Å². The Hall–Kier alpha value is -0.876. The Balaban J connectivity index is -0.000000173. The molecule has 0 aliphatic heterocycles. The maximum atomic E-state index is 10.1. The van der Waals surface area contributed by atoms with Gasteiger partial charge in [-0.1, -0.05) is 175 Å². The van der Waals surface area contributed by atoms with Gasteiger partial charge in [0.05, 0.1) is 0 Å². The number of hydrogen-bond donors (Lipinski definition) is 0. The SMILES string of the molecule is CCCCCCCCCCCC(=O)[O-].CCCCCCCCCCCC(=O)[O-].CCCCCCCCCCCC(=O)[O-].C[CH-]C.[Ti+4]. The fourth-order valence-corrected chi connectivity index (χ4v) is 4.74. The van der Waals surface area contributed by atoms with Gasteiger partial charge >= 0.3 is 21.7 Å². The third-order valence-electron chi connectivity index (χ3n) is 7.45. The van der Waals surface area contributed by atoms with E-state index in [2.05, 4.69) is 20.8 Å². The van der Waals surface area contributed by atoms with E-state index in [4.69, 9.17) is 0 Å². The topological polar surface area (TPSA) is 120 Å². The summed E-state index contributed by atoms with van der Waals surface area (Å²) in [5, 5.41) is 30.3. The molecule has 0 heterocycles. The molecule has 0 atom stereocenters. The molecule has 0 aliphatic rings. The second kappa shape index (κ2) is 53.6. The van der Waals surface area contributed by atoms with Gasteiger partial charge in [-0.05, 0) is 38.5 Å². The molecule has 0 bridgehead atoms. The van der Waals surface area contributed by atoms with Gasteiger partial charge in [0.15, 0.2) is 0 Å². The molecule has 6 nitrogen and oxygen atoms in total. The van der Waals surface area contributed by atoms with Crippen LogP contribution in [0.15, 0.2) is 0 Å². The molecular formula is C39H76O6Ti. The molecule has 0 amide bonds. The van der Waals surface area contributed by atoms with Crippen molar-refractivity contribution < 1.29 is 51.4 Å². The largest absolute Gasteiger partial charge is 4.00 e. The molecule has 46 heavy (non-hydrogen) atoms. The van der Waals surface area contributed by atoms with Crippen molar-refractivity contribution >= 4 is 17.9 Å². The normalized spacial score (nSPS) is 9.85. The molecule has 0 N–H and O–H groups in total. The smallest absolute Gasteiger partial charge is 0.550 e. The van der Waals surface area contributed by atoms with Crippen molar-refractivity contribution in [2.24, 2.45) is 0 Å². The Kier molecular flexibility index (Phi) is 63.6. The first-order valence-corrected chi connectivity index (χ1v) is 19.1. The van der Waals surface area contributed by atoms with Crippen molar-refractivity contribution in [1.29, 1.82) is 0 Å². The predicted octanol–water partition coefficient (Wildman–Crippen LogP) is 9.20. The van der Waals surface area contributed by atoms with Crippen molar-refractivity contribution in [1.82, 2.24) is 0 Å². The average molecular weight is 689 g/mol. The summed E-state index contributed by atoms with van der Waals surface area (Å²) in [6.07, 6.45) is 35.5. The average Bonchev–Trinajstić information content (AvgIpc) is 2.99. The van der Waals surface area contributed by atoms with Crippen LogP contribution < -0.4 is 15.3 Å². The third-order valence-corrected chi connectivity index (χ3v) is 7.45. The van der Waals surface area contributed by atoms with Gasteiger partial charge < -0.3 is 36.1 Å². The molecular weight excluding hydrogens is 612 g/mol. The maximum Gasteiger partial charge on any atom is 4.00 e. The molecule has 0 saturated heterocycles. The van der Waals surface area contributed by atoms with E-state index >= 15 is 0 Å². The van der Waals surface area contributed by atoms with E-state index in [1.165, 1.54) is 135 Å². The van der Waals surface area contributed by atoms with Gasteiger partial charge in [-0.15, -0.1) is 0 Å². The van der Waals surface area contributed by atoms with Crippen molar-refractivity contribution in [3.63, 3.8) is 0 Å². The van der Waals surface area contributed by atoms with Crippen molar-refractivity contribution in [2.75, 3.05) is 0 Å². The second-order valence-electron chi connectivity index (χ2n) is 12.4. The number of aliphatic carboxylic acids is 3. The molecule has 0 unspecified atom stereocenters. The standard InChI is InChI=1S/3C12H24O2.C3H7.Ti/c3*1-2-3-4-5-6-7-8-9-10-11-12(13)14;1-3-2;/h3*2-11H2,1H3,(H,13,14);3H,1-2H3;/q;;;-1;+4/p-3. The molecule has 0 aliphatic carbocycles. The number of carbonyl (C=O) groups excluding carboxylic acids is 3. The van der Waals surface area contributed by atoms with Crippen molar-refractivity contribution in [2.45, 2.75) is 227 Å². The fourth-order valence-electron chi connectivity index (χ4n) is 4.74. The van der Waals surface area contributed by atoms with Crippen LogP contribution in [0.3, 0.4) is 0 Å². The van der Waals surface area contributed by atoms with Crippen LogP contribution in [0.1, 0.15) is 227 Å². The van der Waals surface area contributed by atoms with Crippen LogP contribution in [0.5, 0.6) is 0 Å². The summed E-state index contributed by atoms with van der Waals surface area (Å²) in [6, 6.07) is 0. The molecule has 0 saturated carbocycles. The van der Waals surface area contributed by atoms with Crippen LogP contribution in [0.4, 0.5) is 0 Å². The summed E-state index contributed by atoms with van der Waals surface area (Å²) < 4.78 is 0. The summed E-state index contributed by atoms with van der Waals surface area (Å²) in [5.74, 6) is -2.73. The van der Waals surface area contributed by atoms with Crippen LogP contribution in [0.2, 0.25) is 0 Å². The Bertz CT molecular complexity index is 495. The van der Waals surface area contributed by atoms with E-state index in [1.54, 1.807) is 0 Å². The Morgan fingerprint density at radius 3 is 0.609 bits per heavy atom. The van der Waals surface area contributed by atoms with Gasteiger partial charge in [-0.25, -0.2) is 0 Å². The van der Waals surface area contributed by atoms with Gasteiger partial charge in [0.25, 0.3) is 0 Å². The maximum absolute atomic E-state index is 10.1. The number of hydrogen-bond acceptors (Lipinski definition) is 6. The Morgan fingerprint density at radius 1 is 0.348 bits per heavy atom. The van der Waals surface area contributed by atoms with Crippen LogP contribution >= 0.6 is 0 Å². The van der Waals surface area contributed by atoms with Crippen LogP contribution in [0, 0.1) is 6.42 Å². The number of rotatable bonds is 30. The van der Waals surface area contributed by atoms with Crippen molar-refractivity contribution in [3.05, 3.63) is 6.42 Å². The second-order valence-corrected chi connectivity index (χ2v) is 12.4. The monoisotopic (exact) mass is 689 g/mol. The van der Waals surface area contributed by atoms with Gasteiger partial charge in [-0.3, -0.25) is 0 Å². The van der Waals surface area contributed by atoms with Crippen LogP contribution in [-0.4, -0.2) is 17.9 Å². The van der Waals surface area contributed by atoms with Crippen molar-refractivity contribution in [3.8, 4) is 0 Å². The van der Waals surface area contributed by atoms with Crippen LogP contribution in [0.25, 0.3) is 0 Å². The number of carboxylic acids is 3. The Morgan fingerprint density at radius 2 is 0.478 bits per heavy atom. The summed E-state index contributed by atoms with van der Waals surface area (Å²) >= 11 is 0. The molecule has 272 valence electrons. The first-order valence-electron chi connectivity index (χ1n) is 19.1. The zero-order chi connectivity index (χ0) is 34.7. The molecule has 0 fully saturated rings. The molecule has 0 radical (unpaired) electrons. The van der Waals surface area contributed by atoms with Gasteiger partial charge in [0.2, 0.25) is 0 Å². The van der Waals surface area contributed by atoms with Gasteiger partial charge in [-0.2, -0.15) is 13.8 Å². The first kappa shape index (κ1) is 54.6. The summed E-state index contributed by atoms with van der Waals surface area (Å²) in [4.78, 5) is 30.3. The zero-order valence-electron chi connectivity index (χ0n) is 31.2. The molecule has 0 aromatic rings. The summed E-state index contributed by atoms with van der Waals surface area (Å²) in [7, 11) is 0. The zero-order valence-corrected chi connectivity index (χ0v) is 32.8. The number of carboxylic acid groups (broad SMARTS) is 3. The Labute approximate surface area is 301 Å². The van der Waals surface area contributed by atoms with Crippen LogP contribution in [-0.2, 0) is 36.1 Å². The molecule has 0 spiro atoms. The molecule has 0 aromatic carbocycles. The van der Waals surface area contributed by atoms with E-state index in [9.17, 15) is 29.7 Å².